The van der Waals surface area contributed by atoms with Crippen LogP contribution in [-0.2, 0) is 26.0 Å². The van der Waals surface area contributed by atoms with Gasteiger partial charge in [0.2, 0.25) is 0 Å². The highest BCUT2D eigenvalue weighted by Gasteiger charge is 2.23. The molecular weight excluding hydrogens is 310 g/mol. The molecule has 106 valence electrons. The lowest BCUT2D eigenvalue weighted by Crippen LogP contribution is -2.43. The monoisotopic (exact) mass is 323 g/mol. The molecule has 1 aromatic rings. The Morgan fingerprint density at radius 3 is 2.63 bits per heavy atom. The summed E-state index contributed by atoms with van der Waals surface area (Å²) in [7, 11) is -2.91. The van der Waals surface area contributed by atoms with E-state index < -0.39 is 9.84 Å². The Balaban J connectivity index is 1.73. The zero-order valence-corrected chi connectivity index (χ0v) is 12.6. The van der Waals surface area contributed by atoms with Crippen LogP contribution in [0.5, 0.6) is 0 Å². The summed E-state index contributed by atoms with van der Waals surface area (Å²) in [6.45, 7) is 1.13. The zero-order valence-electron chi connectivity index (χ0n) is 10.2. The average molecular weight is 324 g/mol. The van der Waals surface area contributed by atoms with Crippen LogP contribution in [0.25, 0.3) is 0 Å². The number of carbonyl (C=O) groups is 1. The molecule has 2 heterocycles. The largest absolute Gasteiger partial charge is 0.459 e. The molecule has 8 heteroatoms. The number of rotatable bonds is 4. The topological polar surface area (TPSA) is 63.7 Å². The Hall–Kier alpha value is -0.630. The molecule has 19 heavy (non-hydrogen) atoms. The number of ether oxygens (including phenoxy) is 1. The molecule has 0 aliphatic carbocycles. The van der Waals surface area contributed by atoms with Crippen LogP contribution in [0.1, 0.15) is 4.88 Å². The predicted molar refractivity (Wildman–Crippen MR) is 74.2 cm³/mol. The highest BCUT2D eigenvalue weighted by Crippen LogP contribution is 2.21. The molecule has 0 atom stereocenters. The van der Waals surface area contributed by atoms with Crippen LogP contribution in [-0.4, -0.2) is 50.4 Å². The van der Waals surface area contributed by atoms with Crippen LogP contribution in [0.2, 0.25) is 4.34 Å². The first kappa shape index (κ1) is 14.8. The van der Waals surface area contributed by atoms with E-state index in [1.54, 1.807) is 11.0 Å². The van der Waals surface area contributed by atoms with Gasteiger partial charge in [-0.05, 0) is 12.1 Å². The molecule has 0 aromatic carbocycles. The van der Waals surface area contributed by atoms with E-state index in [2.05, 4.69) is 0 Å². The molecule has 0 spiro atoms. The molecule has 1 aliphatic rings. The first-order valence-corrected chi connectivity index (χ1v) is 8.79. The Bertz CT molecular complexity index is 541. The van der Waals surface area contributed by atoms with Crippen LogP contribution in [0.4, 0.5) is 0 Å². The van der Waals surface area contributed by atoms with Gasteiger partial charge in [-0.1, -0.05) is 11.6 Å². The van der Waals surface area contributed by atoms with Gasteiger partial charge < -0.3 is 4.74 Å². The molecule has 1 aromatic heterocycles. The Kier molecular flexibility index (Phi) is 4.83. The summed E-state index contributed by atoms with van der Waals surface area (Å²) in [4.78, 5) is 14.3. The molecule has 0 N–H and O–H groups in total. The third kappa shape index (κ3) is 4.76. The maximum atomic E-state index is 11.6. The average Bonchev–Trinajstić information content (AvgIpc) is 2.75. The van der Waals surface area contributed by atoms with Gasteiger partial charge in [0, 0.05) is 18.0 Å². The molecule has 2 rings (SSSR count). The summed E-state index contributed by atoms with van der Waals surface area (Å²) in [5.41, 5.74) is 0. The van der Waals surface area contributed by atoms with Gasteiger partial charge in [-0.25, -0.2) is 8.42 Å². The van der Waals surface area contributed by atoms with Crippen molar-refractivity contribution < 1.29 is 17.9 Å². The smallest absolute Gasteiger partial charge is 0.320 e. The summed E-state index contributed by atoms with van der Waals surface area (Å²) in [6.07, 6.45) is 0. The number of hydrogen-bond donors (Lipinski definition) is 0. The van der Waals surface area contributed by atoms with Crippen LogP contribution in [0.3, 0.4) is 0 Å². The minimum absolute atomic E-state index is 0.112. The first-order chi connectivity index (χ1) is 8.94. The summed E-state index contributed by atoms with van der Waals surface area (Å²) < 4.78 is 28.3. The Morgan fingerprint density at radius 2 is 2.05 bits per heavy atom. The van der Waals surface area contributed by atoms with Crippen LogP contribution >= 0.6 is 22.9 Å². The van der Waals surface area contributed by atoms with Crippen molar-refractivity contribution in [2.75, 3.05) is 31.1 Å². The predicted octanol–water partition coefficient (Wildman–Crippen LogP) is 1.18. The minimum atomic E-state index is -2.91. The van der Waals surface area contributed by atoms with Crippen LogP contribution in [0, 0.1) is 0 Å². The Morgan fingerprint density at radius 1 is 1.37 bits per heavy atom. The number of halogens is 1. The van der Waals surface area contributed by atoms with Gasteiger partial charge in [0.05, 0.1) is 22.4 Å². The fraction of sp³-hybridized carbons (Fsp3) is 0.545. The molecule has 0 bridgehead atoms. The van der Waals surface area contributed by atoms with Gasteiger partial charge in [0.25, 0.3) is 0 Å². The van der Waals surface area contributed by atoms with Gasteiger partial charge in [0.15, 0.2) is 9.84 Å². The SMILES string of the molecule is O=C(CN1CCS(=O)(=O)CC1)OCc1ccc(Cl)s1. The number of esters is 1. The van der Waals surface area contributed by atoms with E-state index in [1.807, 2.05) is 6.07 Å². The molecule has 0 saturated carbocycles. The van der Waals surface area contributed by atoms with E-state index >= 15 is 0 Å². The van der Waals surface area contributed by atoms with Crippen molar-refractivity contribution in [3.63, 3.8) is 0 Å². The number of sulfone groups is 1. The zero-order chi connectivity index (χ0) is 13.9. The quantitative estimate of drug-likeness (QED) is 0.778. The maximum Gasteiger partial charge on any atom is 0.320 e. The van der Waals surface area contributed by atoms with E-state index in [0.717, 1.165) is 4.88 Å². The first-order valence-electron chi connectivity index (χ1n) is 5.77. The van der Waals surface area contributed by atoms with Crippen LogP contribution in [0.15, 0.2) is 12.1 Å². The lowest BCUT2D eigenvalue weighted by atomic mass is 10.4. The van der Waals surface area contributed by atoms with Crippen molar-refractivity contribution in [3.8, 4) is 0 Å². The summed E-state index contributed by atoms with van der Waals surface area (Å²) in [6, 6.07) is 3.57. The van der Waals surface area contributed by atoms with E-state index in [9.17, 15) is 13.2 Å². The van der Waals surface area contributed by atoms with E-state index in [4.69, 9.17) is 16.3 Å². The van der Waals surface area contributed by atoms with Gasteiger partial charge in [-0.2, -0.15) is 0 Å². The minimum Gasteiger partial charge on any atom is -0.459 e. The van der Waals surface area contributed by atoms with Crippen molar-refractivity contribution in [2.24, 2.45) is 0 Å². The Labute approximate surface area is 121 Å². The van der Waals surface area contributed by atoms with E-state index in [1.165, 1.54) is 11.3 Å². The second-order valence-electron chi connectivity index (χ2n) is 4.29. The lowest BCUT2D eigenvalue weighted by molar-refractivity contribution is -0.146. The van der Waals surface area contributed by atoms with E-state index in [-0.39, 0.29) is 30.6 Å². The maximum absolute atomic E-state index is 11.6. The molecule has 1 aliphatic heterocycles. The fourth-order valence-electron chi connectivity index (χ4n) is 1.72. The second-order valence-corrected chi connectivity index (χ2v) is 8.40. The van der Waals surface area contributed by atoms with Crippen molar-refractivity contribution >= 4 is 38.7 Å². The van der Waals surface area contributed by atoms with Crippen molar-refractivity contribution in [3.05, 3.63) is 21.3 Å². The number of thiophene rings is 1. The van der Waals surface area contributed by atoms with Gasteiger partial charge >= 0.3 is 5.97 Å². The van der Waals surface area contributed by atoms with Crippen LogP contribution < -0.4 is 0 Å². The molecule has 0 unspecified atom stereocenters. The second kappa shape index (κ2) is 6.21. The molecule has 1 fully saturated rings. The normalized spacial score (nSPS) is 19.2. The van der Waals surface area contributed by atoms with Crippen molar-refractivity contribution in [2.45, 2.75) is 6.61 Å². The highest BCUT2D eigenvalue weighted by molar-refractivity contribution is 7.91. The van der Waals surface area contributed by atoms with Crippen molar-refractivity contribution in [1.82, 2.24) is 4.90 Å². The standard InChI is InChI=1S/C11H14ClNO4S2/c12-10-2-1-9(18-10)8-17-11(14)7-13-3-5-19(15,16)6-4-13/h1-2H,3-8H2. The molecule has 5 nitrogen and oxygen atoms in total. The van der Waals surface area contributed by atoms with Gasteiger partial charge in [0.1, 0.15) is 6.61 Å². The third-order valence-electron chi connectivity index (χ3n) is 2.79. The third-order valence-corrected chi connectivity index (χ3v) is 5.61. The molecule has 0 amide bonds. The number of carbonyl (C=O) groups excluding carboxylic acids is 1. The summed E-state index contributed by atoms with van der Waals surface area (Å²) in [5.74, 6) is -0.120. The lowest BCUT2D eigenvalue weighted by Gasteiger charge is -2.25. The van der Waals surface area contributed by atoms with Gasteiger partial charge in [-0.3, -0.25) is 9.69 Å². The summed E-state index contributed by atoms with van der Waals surface area (Å²) in [5, 5.41) is 0. The summed E-state index contributed by atoms with van der Waals surface area (Å²) >= 11 is 7.14. The molecular formula is C11H14ClNO4S2. The molecule has 1 saturated heterocycles. The number of hydrogen-bond acceptors (Lipinski definition) is 6. The fourth-order valence-corrected chi connectivity index (χ4v) is 4.00. The molecule has 0 radical (unpaired) electrons. The van der Waals surface area contributed by atoms with E-state index in [0.29, 0.717) is 17.4 Å². The number of nitrogens with zero attached hydrogens (tertiary/aromatic N) is 1. The van der Waals surface area contributed by atoms with Crippen molar-refractivity contribution in [1.29, 1.82) is 0 Å². The van der Waals surface area contributed by atoms with Gasteiger partial charge in [-0.15, -0.1) is 11.3 Å². The highest BCUT2D eigenvalue weighted by atomic mass is 35.5.